The number of carboxylic acid groups (broad SMARTS) is 2. The molecule has 0 saturated carbocycles. The molecule has 0 aliphatic carbocycles. The molecule has 2 heterocycles. The summed E-state index contributed by atoms with van der Waals surface area (Å²) in [6, 6.07) is 0. The van der Waals surface area contributed by atoms with Gasteiger partial charge in [0.1, 0.15) is 36.6 Å². The minimum absolute atomic E-state index is 0.725. The largest absolute Gasteiger partial charge is 0.479 e. The molecule has 164 valence electrons. The molecule has 0 spiro atoms. The van der Waals surface area contributed by atoms with Crippen molar-refractivity contribution in [1.82, 2.24) is 0 Å². The zero-order chi connectivity index (χ0) is 21.8. The van der Waals surface area contributed by atoms with Crippen LogP contribution in [-0.4, -0.2) is 123 Å². The number of rotatable bonds is 4. The molecule has 13 heteroatoms. The third kappa shape index (κ3) is 5.34. The highest BCUT2D eigenvalue weighted by molar-refractivity contribution is 5.73. The molecule has 2 saturated heterocycles. The minimum atomic E-state index is -1.67. The Morgan fingerprint density at radius 2 is 1.25 bits per heavy atom. The predicted molar refractivity (Wildman–Crippen MR) is 86.1 cm³/mol. The second-order valence-corrected chi connectivity index (χ2v) is 6.25. The maximum atomic E-state index is 10.7. The molecule has 0 amide bonds. The molecule has 2 aliphatic rings. The smallest absolute Gasteiger partial charge is 0.335 e. The second-order valence-electron chi connectivity index (χ2n) is 6.25. The zero-order valence-corrected chi connectivity index (χ0v) is 15.4. The predicted octanol–water partition coefficient (Wildman–Crippen LogP) is -3.88. The summed E-state index contributed by atoms with van der Waals surface area (Å²) in [6.45, 7) is 1.50. The van der Waals surface area contributed by atoms with Crippen LogP contribution in [0.5, 0.6) is 0 Å². The lowest BCUT2D eigenvalue weighted by molar-refractivity contribution is -0.287. The summed E-state index contributed by atoms with van der Waals surface area (Å²) in [4.78, 5) is 21.3. The van der Waals surface area contributed by atoms with Crippen LogP contribution in [0.1, 0.15) is 6.92 Å². The number of carbonyl (C=O) groups is 2. The van der Waals surface area contributed by atoms with E-state index in [4.69, 9.17) is 24.4 Å². The van der Waals surface area contributed by atoms with Crippen molar-refractivity contribution in [2.24, 2.45) is 0 Å². The van der Waals surface area contributed by atoms with E-state index >= 15 is 0 Å². The third-order valence-corrected chi connectivity index (χ3v) is 4.39. The van der Waals surface area contributed by atoms with E-state index in [0.717, 1.165) is 0 Å². The van der Waals surface area contributed by atoms with Crippen molar-refractivity contribution in [2.75, 3.05) is 14.2 Å². The fraction of sp³-hybridized carbons (Fsp3) is 0.867. The molecule has 13 nitrogen and oxygen atoms in total. The first-order valence-corrected chi connectivity index (χ1v) is 8.20. The lowest BCUT2D eigenvalue weighted by Gasteiger charge is -2.39. The van der Waals surface area contributed by atoms with Crippen LogP contribution in [0.4, 0.5) is 0 Å². The van der Waals surface area contributed by atoms with Crippen LogP contribution in [-0.2, 0) is 28.5 Å². The van der Waals surface area contributed by atoms with Crippen LogP contribution in [0.2, 0.25) is 0 Å². The Kier molecular flexibility index (Phi) is 9.13. The van der Waals surface area contributed by atoms with Gasteiger partial charge in [0.05, 0.1) is 6.10 Å². The molecule has 2 aliphatic heterocycles. The Labute approximate surface area is 159 Å². The summed E-state index contributed by atoms with van der Waals surface area (Å²) in [5.41, 5.74) is 0. The average Bonchev–Trinajstić information content (AvgIpc) is 2.64. The van der Waals surface area contributed by atoms with Gasteiger partial charge in [-0.05, 0) is 6.92 Å². The molecule has 0 aromatic heterocycles. The Balaban J connectivity index is 0.000000280. The SMILES string of the molecule is CO[C@@H]1O[C@H](C(=O)O)[C@@H](O)[C@H](O)[C@@H]1O.CO[C@H]1[C@H](O)[C@H](O)[C@H](C)O[C@H]1C(=O)O. The number of aliphatic carboxylic acids is 2. The van der Waals surface area contributed by atoms with E-state index in [9.17, 15) is 35.1 Å². The molecule has 2 fully saturated rings. The lowest BCUT2D eigenvalue weighted by Crippen LogP contribution is -2.60. The van der Waals surface area contributed by atoms with E-state index in [-0.39, 0.29) is 0 Å². The Bertz CT molecular complexity index is 526. The van der Waals surface area contributed by atoms with Crippen molar-refractivity contribution < 1.29 is 64.3 Å². The fourth-order valence-electron chi connectivity index (χ4n) is 2.75. The summed E-state index contributed by atoms with van der Waals surface area (Å²) >= 11 is 0. The van der Waals surface area contributed by atoms with Crippen molar-refractivity contribution in [3.8, 4) is 0 Å². The van der Waals surface area contributed by atoms with Crippen molar-refractivity contribution >= 4 is 11.9 Å². The fourth-order valence-corrected chi connectivity index (χ4v) is 2.75. The first-order valence-electron chi connectivity index (χ1n) is 8.20. The highest BCUT2D eigenvalue weighted by Crippen LogP contribution is 2.23. The van der Waals surface area contributed by atoms with Gasteiger partial charge in [-0.1, -0.05) is 0 Å². The van der Waals surface area contributed by atoms with Gasteiger partial charge in [-0.25, -0.2) is 9.59 Å². The van der Waals surface area contributed by atoms with Gasteiger partial charge >= 0.3 is 11.9 Å². The maximum Gasteiger partial charge on any atom is 0.335 e. The van der Waals surface area contributed by atoms with Gasteiger partial charge in [0, 0.05) is 14.2 Å². The van der Waals surface area contributed by atoms with Crippen LogP contribution < -0.4 is 0 Å². The van der Waals surface area contributed by atoms with Crippen molar-refractivity contribution in [3.05, 3.63) is 0 Å². The van der Waals surface area contributed by atoms with Crippen LogP contribution >= 0.6 is 0 Å². The second kappa shape index (κ2) is 10.4. The van der Waals surface area contributed by atoms with Crippen LogP contribution in [0.15, 0.2) is 0 Å². The molecule has 2 rings (SSSR count). The number of aliphatic hydroxyl groups is 5. The molecule has 0 aromatic rings. The van der Waals surface area contributed by atoms with Crippen molar-refractivity contribution in [2.45, 2.75) is 68.1 Å². The molecule has 0 unspecified atom stereocenters. The van der Waals surface area contributed by atoms with Gasteiger partial charge in [0.15, 0.2) is 18.5 Å². The average molecular weight is 414 g/mol. The summed E-state index contributed by atoms with van der Waals surface area (Å²) < 4.78 is 19.1. The number of carboxylic acids is 2. The number of hydrogen-bond acceptors (Lipinski definition) is 11. The van der Waals surface area contributed by atoms with Gasteiger partial charge in [0.25, 0.3) is 0 Å². The summed E-state index contributed by atoms with van der Waals surface area (Å²) in [7, 11) is 2.45. The summed E-state index contributed by atoms with van der Waals surface area (Å²) in [5.74, 6) is -2.64. The highest BCUT2D eigenvalue weighted by atomic mass is 16.7. The monoisotopic (exact) mass is 414 g/mol. The molecule has 0 radical (unpaired) electrons. The number of ether oxygens (including phenoxy) is 4. The molecule has 10 atom stereocenters. The van der Waals surface area contributed by atoms with Gasteiger partial charge in [-0.3, -0.25) is 0 Å². The number of hydrogen-bond donors (Lipinski definition) is 7. The van der Waals surface area contributed by atoms with E-state index in [2.05, 4.69) is 4.74 Å². The van der Waals surface area contributed by atoms with E-state index in [1.54, 1.807) is 0 Å². The Hall–Kier alpha value is -1.42. The van der Waals surface area contributed by atoms with Crippen LogP contribution in [0, 0.1) is 0 Å². The van der Waals surface area contributed by atoms with E-state index in [1.165, 1.54) is 21.1 Å². The molecular weight excluding hydrogens is 388 g/mol. The van der Waals surface area contributed by atoms with Gasteiger partial charge in [0.2, 0.25) is 0 Å². The molecule has 0 aromatic carbocycles. The first kappa shape index (κ1) is 24.6. The normalized spacial score (nSPS) is 43.6. The molecule has 28 heavy (non-hydrogen) atoms. The van der Waals surface area contributed by atoms with Gasteiger partial charge < -0.3 is 54.7 Å². The topological polar surface area (TPSA) is 213 Å². The minimum Gasteiger partial charge on any atom is -0.479 e. The van der Waals surface area contributed by atoms with E-state index < -0.39 is 73.2 Å². The Morgan fingerprint density at radius 1 is 0.714 bits per heavy atom. The molecule has 7 N–H and O–H groups in total. The standard InChI is InChI=1S/C8H14O6.C7H12O7/c1-3-4(9)5(10)6(13-2)7(14-3)8(11)12;1-13-7-4(10)2(8)3(9)5(14-7)6(11)12/h3-7,9-10H,1-2H3,(H,11,12);2-5,7-10H,1H3,(H,11,12)/t3-,4+,5+,6-,7+;2-,3-,4-,5-,7+/m00/s1. The molecule has 0 bridgehead atoms. The van der Waals surface area contributed by atoms with E-state index in [0.29, 0.717) is 0 Å². The summed E-state index contributed by atoms with van der Waals surface area (Å²) in [5, 5.41) is 64.0. The number of aliphatic hydroxyl groups excluding tert-OH is 5. The van der Waals surface area contributed by atoms with Crippen LogP contribution in [0.25, 0.3) is 0 Å². The van der Waals surface area contributed by atoms with Crippen LogP contribution in [0.3, 0.4) is 0 Å². The van der Waals surface area contributed by atoms with E-state index in [1.807, 2.05) is 0 Å². The zero-order valence-electron chi connectivity index (χ0n) is 15.4. The molecular formula is C15H26O13. The van der Waals surface area contributed by atoms with Crippen molar-refractivity contribution in [3.63, 3.8) is 0 Å². The Morgan fingerprint density at radius 3 is 1.68 bits per heavy atom. The lowest BCUT2D eigenvalue weighted by atomic mass is 9.95. The van der Waals surface area contributed by atoms with Gasteiger partial charge in [-0.15, -0.1) is 0 Å². The number of methoxy groups -OCH3 is 2. The first-order chi connectivity index (χ1) is 13.0. The highest BCUT2D eigenvalue weighted by Gasteiger charge is 2.47. The van der Waals surface area contributed by atoms with Crippen molar-refractivity contribution in [1.29, 1.82) is 0 Å². The maximum absolute atomic E-state index is 10.7. The quantitative estimate of drug-likeness (QED) is 0.235. The third-order valence-electron chi connectivity index (χ3n) is 4.39. The van der Waals surface area contributed by atoms with Gasteiger partial charge in [-0.2, -0.15) is 0 Å². The summed E-state index contributed by atoms with van der Waals surface area (Å²) in [6.07, 6.45) is -13.0.